The van der Waals surface area contributed by atoms with Crippen LogP contribution in [0.1, 0.15) is 31.4 Å². The number of hydrogen-bond donors (Lipinski definition) is 2. The van der Waals surface area contributed by atoms with Gasteiger partial charge in [-0.15, -0.1) is 0 Å². The molecule has 0 fully saturated rings. The minimum atomic E-state index is -1.37. The monoisotopic (exact) mass is 448 g/mol. The molecule has 0 spiro atoms. The van der Waals surface area contributed by atoms with Crippen molar-refractivity contribution in [1.29, 1.82) is 0 Å². The number of hydrazone groups is 1. The van der Waals surface area contributed by atoms with E-state index >= 15 is 0 Å². The SMILES string of the molecule is C/C(N)=N/OCCC1(c2ccccc2)SC(c2cc(F)ccc2F)=NN1C(=O)[C@H](C)O. The molecule has 0 aromatic heterocycles. The second-order valence-corrected chi connectivity index (χ2v) is 8.19. The van der Waals surface area contributed by atoms with Crippen LogP contribution in [0.4, 0.5) is 8.78 Å². The summed E-state index contributed by atoms with van der Waals surface area (Å²) in [7, 11) is 0. The number of hydrogen-bond acceptors (Lipinski definition) is 6. The Morgan fingerprint density at radius 3 is 2.68 bits per heavy atom. The molecule has 0 radical (unpaired) electrons. The Morgan fingerprint density at radius 2 is 2.03 bits per heavy atom. The normalized spacial score (nSPS) is 19.8. The van der Waals surface area contributed by atoms with E-state index in [-0.39, 0.29) is 29.5 Å². The first kappa shape index (κ1) is 22.7. The highest BCUT2D eigenvalue weighted by atomic mass is 32.2. The average molecular weight is 448 g/mol. The van der Waals surface area contributed by atoms with E-state index in [9.17, 15) is 18.7 Å². The number of oxime groups is 1. The van der Waals surface area contributed by atoms with Gasteiger partial charge in [0, 0.05) is 12.0 Å². The van der Waals surface area contributed by atoms with Gasteiger partial charge >= 0.3 is 0 Å². The second kappa shape index (κ2) is 9.44. The number of benzene rings is 2. The summed E-state index contributed by atoms with van der Waals surface area (Å²) in [5.41, 5.74) is 6.08. The van der Waals surface area contributed by atoms with Crippen LogP contribution in [0, 0.1) is 11.6 Å². The van der Waals surface area contributed by atoms with Crippen LogP contribution in [0.5, 0.6) is 0 Å². The summed E-state index contributed by atoms with van der Waals surface area (Å²) < 4.78 is 28.3. The Kier molecular flexibility index (Phi) is 6.91. The van der Waals surface area contributed by atoms with Gasteiger partial charge in [0.25, 0.3) is 5.91 Å². The van der Waals surface area contributed by atoms with Crippen LogP contribution in [-0.4, -0.2) is 39.6 Å². The second-order valence-electron chi connectivity index (χ2n) is 6.92. The van der Waals surface area contributed by atoms with Gasteiger partial charge in [0.1, 0.15) is 40.1 Å². The number of thioether (sulfide) groups is 1. The summed E-state index contributed by atoms with van der Waals surface area (Å²) >= 11 is 1.08. The molecule has 1 unspecified atom stereocenters. The first-order chi connectivity index (χ1) is 14.7. The summed E-state index contributed by atoms with van der Waals surface area (Å²) in [5, 5.41) is 19.2. The van der Waals surface area contributed by atoms with Gasteiger partial charge in [-0.3, -0.25) is 4.79 Å². The Bertz CT molecular complexity index is 1010. The molecule has 2 atom stereocenters. The van der Waals surface area contributed by atoms with Crippen LogP contribution in [0.2, 0.25) is 0 Å². The van der Waals surface area contributed by atoms with E-state index < -0.39 is 28.5 Å². The third-order valence-electron chi connectivity index (χ3n) is 4.49. The van der Waals surface area contributed by atoms with Crippen LogP contribution < -0.4 is 5.73 Å². The van der Waals surface area contributed by atoms with Crippen molar-refractivity contribution in [2.45, 2.75) is 31.2 Å². The van der Waals surface area contributed by atoms with Gasteiger partial charge in [-0.1, -0.05) is 47.2 Å². The molecule has 0 aliphatic carbocycles. The largest absolute Gasteiger partial charge is 0.394 e. The minimum absolute atomic E-state index is 0.0501. The lowest BCUT2D eigenvalue weighted by Crippen LogP contribution is -2.45. The quantitative estimate of drug-likeness (QED) is 0.293. The Morgan fingerprint density at radius 1 is 1.32 bits per heavy atom. The van der Waals surface area contributed by atoms with Crippen LogP contribution in [0.25, 0.3) is 0 Å². The van der Waals surface area contributed by atoms with E-state index in [4.69, 9.17) is 10.6 Å². The number of carbonyl (C=O) groups excluding carboxylic acids is 1. The zero-order chi connectivity index (χ0) is 22.6. The van der Waals surface area contributed by atoms with Crippen molar-refractivity contribution in [2.75, 3.05) is 6.61 Å². The van der Waals surface area contributed by atoms with Gasteiger partial charge in [0.05, 0.1) is 0 Å². The number of aliphatic hydroxyl groups is 1. The molecule has 1 aliphatic rings. The first-order valence-electron chi connectivity index (χ1n) is 9.47. The summed E-state index contributed by atoms with van der Waals surface area (Å²) in [6.45, 7) is 2.93. The summed E-state index contributed by atoms with van der Waals surface area (Å²) in [6.07, 6.45) is -1.18. The van der Waals surface area contributed by atoms with Crippen molar-refractivity contribution < 1.29 is 23.5 Å². The molecule has 1 aliphatic heterocycles. The summed E-state index contributed by atoms with van der Waals surface area (Å²) in [4.78, 5) is 17.0. The summed E-state index contributed by atoms with van der Waals surface area (Å²) in [6, 6.07) is 12.0. The molecule has 2 aromatic carbocycles. The number of halogens is 2. The molecule has 2 aromatic rings. The number of aliphatic hydroxyl groups excluding tert-OH is 1. The summed E-state index contributed by atoms with van der Waals surface area (Å²) in [5.74, 6) is -1.79. The van der Waals surface area contributed by atoms with Gasteiger partial charge in [0.2, 0.25) is 0 Å². The standard InChI is InChI=1S/C21H22F2N4O3S/c1-13(28)20(29)27-21(10-11-30-26-14(2)24,15-6-4-3-5-7-15)31-19(25-27)17-12-16(22)8-9-18(17)23/h3-9,12-13,28H,10-11H2,1-2H3,(H2,24,26)/t13-,21?/m0/s1. The fourth-order valence-corrected chi connectivity index (χ4v) is 4.45. The highest BCUT2D eigenvalue weighted by molar-refractivity contribution is 8.15. The number of amidine groups is 1. The molecule has 0 bridgehead atoms. The molecule has 3 N–H and O–H groups in total. The zero-order valence-electron chi connectivity index (χ0n) is 17.0. The highest BCUT2D eigenvalue weighted by Gasteiger charge is 2.49. The van der Waals surface area contributed by atoms with Crippen LogP contribution in [0.3, 0.4) is 0 Å². The van der Waals surface area contributed by atoms with E-state index in [0.717, 1.165) is 35.0 Å². The molecule has 3 rings (SSSR count). The number of carbonyl (C=O) groups is 1. The molecule has 31 heavy (non-hydrogen) atoms. The lowest BCUT2D eigenvalue weighted by molar-refractivity contribution is -0.143. The maximum Gasteiger partial charge on any atom is 0.272 e. The van der Waals surface area contributed by atoms with Gasteiger partial charge in [0.15, 0.2) is 0 Å². The number of amides is 1. The van der Waals surface area contributed by atoms with E-state index in [2.05, 4.69) is 10.3 Å². The molecule has 0 saturated heterocycles. The van der Waals surface area contributed by atoms with E-state index in [1.807, 2.05) is 6.07 Å². The first-order valence-corrected chi connectivity index (χ1v) is 10.3. The number of nitrogens with zero attached hydrogens (tertiary/aromatic N) is 3. The lowest BCUT2D eigenvalue weighted by atomic mass is 10.0. The minimum Gasteiger partial charge on any atom is -0.394 e. The van der Waals surface area contributed by atoms with Gasteiger partial charge in [-0.25, -0.2) is 13.8 Å². The Balaban J connectivity index is 2.09. The number of nitrogens with two attached hydrogens (primary N) is 1. The van der Waals surface area contributed by atoms with Crippen molar-refractivity contribution >= 4 is 28.5 Å². The van der Waals surface area contributed by atoms with Crippen molar-refractivity contribution in [3.8, 4) is 0 Å². The molecule has 7 nitrogen and oxygen atoms in total. The fraction of sp³-hybridized carbons (Fsp3) is 0.286. The van der Waals surface area contributed by atoms with Gasteiger partial charge < -0.3 is 15.7 Å². The average Bonchev–Trinajstić information content (AvgIpc) is 3.13. The van der Waals surface area contributed by atoms with Crippen LogP contribution in [0.15, 0.2) is 58.8 Å². The van der Waals surface area contributed by atoms with Crippen molar-refractivity contribution in [3.63, 3.8) is 0 Å². The van der Waals surface area contributed by atoms with Crippen LogP contribution in [-0.2, 0) is 14.5 Å². The lowest BCUT2D eigenvalue weighted by Gasteiger charge is -2.36. The third kappa shape index (κ3) is 4.86. The number of rotatable bonds is 7. The topological polar surface area (TPSA) is 101 Å². The van der Waals surface area contributed by atoms with Gasteiger partial charge in [-0.05, 0) is 37.6 Å². The molecule has 10 heteroatoms. The smallest absolute Gasteiger partial charge is 0.272 e. The maximum atomic E-state index is 14.5. The predicted octanol–water partition coefficient (Wildman–Crippen LogP) is 3.13. The molecule has 1 heterocycles. The van der Waals surface area contributed by atoms with E-state index in [0.29, 0.717) is 5.56 Å². The fourth-order valence-electron chi connectivity index (χ4n) is 3.08. The van der Waals surface area contributed by atoms with E-state index in [1.54, 1.807) is 31.2 Å². The molecular formula is C21H22F2N4O3S. The maximum absolute atomic E-state index is 14.5. The van der Waals surface area contributed by atoms with Crippen LogP contribution >= 0.6 is 11.8 Å². The predicted molar refractivity (Wildman–Crippen MR) is 115 cm³/mol. The third-order valence-corrected chi connectivity index (χ3v) is 5.93. The Hall–Kier alpha value is -2.98. The zero-order valence-corrected chi connectivity index (χ0v) is 17.8. The van der Waals surface area contributed by atoms with Gasteiger partial charge in [-0.2, -0.15) is 5.10 Å². The van der Waals surface area contributed by atoms with Crippen molar-refractivity contribution in [2.24, 2.45) is 16.0 Å². The molecular weight excluding hydrogens is 426 g/mol. The van der Waals surface area contributed by atoms with E-state index in [1.165, 1.54) is 6.92 Å². The molecule has 164 valence electrons. The highest BCUT2D eigenvalue weighted by Crippen LogP contribution is 2.50. The molecule has 0 saturated carbocycles. The van der Waals surface area contributed by atoms with Crippen molar-refractivity contribution in [1.82, 2.24) is 5.01 Å². The molecule has 1 amide bonds. The van der Waals surface area contributed by atoms with Crippen molar-refractivity contribution in [3.05, 3.63) is 71.3 Å². The Labute approximate surface area is 182 Å².